The van der Waals surface area contributed by atoms with Crippen LogP contribution < -0.4 is 0 Å². The third kappa shape index (κ3) is 1.81. The van der Waals surface area contributed by atoms with Gasteiger partial charge in [0.25, 0.3) is 17.5 Å². The topological polar surface area (TPSA) is 118 Å². The Labute approximate surface area is 112 Å². The van der Waals surface area contributed by atoms with Gasteiger partial charge in [0.1, 0.15) is 11.6 Å². The largest absolute Gasteiger partial charge is 0.480 e. The van der Waals surface area contributed by atoms with Crippen LogP contribution in [0.1, 0.15) is 34.1 Å². The number of nitrogens with zero attached hydrogens (tertiary/aromatic N) is 2. The fourth-order valence-electron chi connectivity index (χ4n) is 2.19. The number of nitro benzene ring substituents is 1. The zero-order chi connectivity index (χ0) is 15.0. The van der Waals surface area contributed by atoms with Crippen LogP contribution in [-0.2, 0) is 4.79 Å². The first-order valence-electron chi connectivity index (χ1n) is 5.78. The average molecular weight is 278 g/mol. The molecule has 0 saturated carbocycles. The SMILES string of the molecule is CC[C@H](C(=O)O)N1C(=O)c2cccc([N+](=O)[O-])c2C1=O. The van der Waals surface area contributed by atoms with Crippen molar-refractivity contribution in [1.29, 1.82) is 0 Å². The van der Waals surface area contributed by atoms with Gasteiger partial charge in [-0.15, -0.1) is 0 Å². The number of imide groups is 1. The quantitative estimate of drug-likeness (QED) is 0.499. The predicted molar refractivity (Wildman–Crippen MR) is 65.3 cm³/mol. The summed E-state index contributed by atoms with van der Waals surface area (Å²) in [5, 5.41) is 19.9. The molecule has 1 aliphatic rings. The van der Waals surface area contributed by atoms with Crippen molar-refractivity contribution in [3.8, 4) is 0 Å². The number of amides is 2. The van der Waals surface area contributed by atoms with E-state index in [2.05, 4.69) is 0 Å². The van der Waals surface area contributed by atoms with Gasteiger partial charge in [-0.25, -0.2) is 4.79 Å². The molecule has 0 fully saturated rings. The second-order valence-electron chi connectivity index (χ2n) is 4.20. The lowest BCUT2D eigenvalue weighted by atomic mass is 10.1. The molecule has 0 aliphatic carbocycles. The molecule has 2 amide bonds. The van der Waals surface area contributed by atoms with Crippen molar-refractivity contribution >= 4 is 23.5 Å². The predicted octanol–water partition coefficient (Wildman–Crippen LogP) is 1.05. The molecule has 1 aromatic rings. The van der Waals surface area contributed by atoms with E-state index in [-0.39, 0.29) is 17.5 Å². The van der Waals surface area contributed by atoms with Gasteiger partial charge in [-0.05, 0) is 12.5 Å². The van der Waals surface area contributed by atoms with Gasteiger partial charge in [-0.2, -0.15) is 0 Å². The van der Waals surface area contributed by atoms with Crippen LogP contribution in [0.5, 0.6) is 0 Å². The van der Waals surface area contributed by atoms with Crippen LogP contribution >= 0.6 is 0 Å². The van der Waals surface area contributed by atoms with Gasteiger partial charge in [0, 0.05) is 6.07 Å². The Hall–Kier alpha value is -2.77. The second kappa shape index (κ2) is 4.72. The number of hydrogen-bond acceptors (Lipinski definition) is 5. The minimum absolute atomic E-state index is 0.0224. The molecule has 1 N–H and O–H groups in total. The van der Waals surface area contributed by atoms with Crippen LogP contribution in [0.2, 0.25) is 0 Å². The standard InChI is InChI=1S/C12H10N2O6/c1-2-7(12(17)18)13-10(15)6-4-3-5-8(14(19)20)9(6)11(13)16/h3-5,7H,2H2,1H3,(H,17,18)/t7-/m1/s1. The molecule has 0 radical (unpaired) electrons. The molecular formula is C12H10N2O6. The first kappa shape index (κ1) is 13.7. The summed E-state index contributed by atoms with van der Waals surface area (Å²) in [5.41, 5.74) is -0.977. The van der Waals surface area contributed by atoms with Crippen LogP contribution in [0.25, 0.3) is 0 Å². The molecule has 104 valence electrons. The number of carboxylic acids is 1. The normalized spacial score (nSPS) is 15.2. The number of fused-ring (bicyclic) bond motifs is 1. The summed E-state index contributed by atoms with van der Waals surface area (Å²) in [6.07, 6.45) is 0.0224. The lowest BCUT2D eigenvalue weighted by molar-refractivity contribution is -0.385. The molecule has 20 heavy (non-hydrogen) atoms. The summed E-state index contributed by atoms with van der Waals surface area (Å²) in [6, 6.07) is 2.33. The highest BCUT2D eigenvalue weighted by Crippen LogP contribution is 2.32. The minimum Gasteiger partial charge on any atom is -0.480 e. The average Bonchev–Trinajstić information content (AvgIpc) is 2.64. The van der Waals surface area contributed by atoms with Gasteiger partial charge in [-0.1, -0.05) is 13.0 Å². The van der Waals surface area contributed by atoms with Crippen LogP contribution in [0.15, 0.2) is 18.2 Å². The number of carbonyl (C=O) groups excluding carboxylic acids is 2. The van der Waals surface area contributed by atoms with E-state index in [9.17, 15) is 24.5 Å². The molecule has 2 rings (SSSR count). The number of rotatable bonds is 4. The van der Waals surface area contributed by atoms with E-state index in [1.807, 2.05) is 0 Å². The number of carbonyl (C=O) groups is 3. The third-order valence-electron chi connectivity index (χ3n) is 3.10. The summed E-state index contributed by atoms with van der Waals surface area (Å²) in [4.78, 5) is 46.1. The van der Waals surface area contributed by atoms with Gasteiger partial charge >= 0.3 is 5.97 Å². The Bertz CT molecular complexity index is 639. The van der Waals surface area contributed by atoms with E-state index >= 15 is 0 Å². The van der Waals surface area contributed by atoms with Crippen molar-refractivity contribution in [2.45, 2.75) is 19.4 Å². The third-order valence-corrected chi connectivity index (χ3v) is 3.10. The molecule has 8 heteroatoms. The fourth-order valence-corrected chi connectivity index (χ4v) is 2.19. The monoisotopic (exact) mass is 278 g/mol. The smallest absolute Gasteiger partial charge is 0.326 e. The number of benzene rings is 1. The number of nitro groups is 1. The molecule has 1 atom stereocenters. The van der Waals surface area contributed by atoms with E-state index in [0.717, 1.165) is 6.07 Å². The molecule has 0 saturated heterocycles. The van der Waals surface area contributed by atoms with E-state index in [0.29, 0.717) is 4.90 Å². The summed E-state index contributed by atoms with van der Waals surface area (Å²) in [7, 11) is 0. The Morgan fingerprint density at radius 3 is 2.55 bits per heavy atom. The maximum absolute atomic E-state index is 12.2. The summed E-state index contributed by atoms with van der Waals surface area (Å²) >= 11 is 0. The molecule has 1 aliphatic heterocycles. The first-order valence-corrected chi connectivity index (χ1v) is 5.78. The Morgan fingerprint density at radius 2 is 2.05 bits per heavy atom. The highest BCUT2D eigenvalue weighted by molar-refractivity contribution is 6.24. The van der Waals surface area contributed by atoms with Crippen molar-refractivity contribution < 1.29 is 24.4 Å². The minimum atomic E-state index is -1.33. The van der Waals surface area contributed by atoms with Crippen LogP contribution in [-0.4, -0.2) is 38.8 Å². The second-order valence-corrected chi connectivity index (χ2v) is 4.20. The van der Waals surface area contributed by atoms with E-state index < -0.39 is 34.4 Å². The maximum atomic E-state index is 12.2. The molecule has 0 bridgehead atoms. The zero-order valence-corrected chi connectivity index (χ0v) is 10.4. The van der Waals surface area contributed by atoms with Gasteiger partial charge in [0.15, 0.2) is 0 Å². The first-order chi connectivity index (χ1) is 9.40. The van der Waals surface area contributed by atoms with Gasteiger partial charge in [-0.3, -0.25) is 24.6 Å². The Balaban J connectivity index is 2.59. The van der Waals surface area contributed by atoms with Crippen LogP contribution in [0.3, 0.4) is 0 Å². The number of hydrogen-bond donors (Lipinski definition) is 1. The van der Waals surface area contributed by atoms with Crippen LogP contribution in [0, 0.1) is 10.1 Å². The number of carboxylic acid groups (broad SMARTS) is 1. The summed E-state index contributed by atoms with van der Waals surface area (Å²) in [5.74, 6) is -3.08. The molecule has 0 spiro atoms. The molecule has 1 aromatic carbocycles. The highest BCUT2D eigenvalue weighted by Gasteiger charge is 2.45. The molecule has 0 unspecified atom stereocenters. The van der Waals surface area contributed by atoms with E-state index in [4.69, 9.17) is 5.11 Å². The van der Waals surface area contributed by atoms with Gasteiger partial charge < -0.3 is 5.11 Å². The maximum Gasteiger partial charge on any atom is 0.326 e. The molecule has 1 heterocycles. The lowest BCUT2D eigenvalue weighted by Gasteiger charge is -2.20. The Kier molecular flexibility index (Phi) is 3.23. The fraction of sp³-hybridized carbons (Fsp3) is 0.250. The molecular weight excluding hydrogens is 268 g/mol. The Morgan fingerprint density at radius 1 is 1.40 bits per heavy atom. The van der Waals surface area contributed by atoms with Crippen molar-refractivity contribution in [3.05, 3.63) is 39.4 Å². The van der Waals surface area contributed by atoms with E-state index in [1.54, 1.807) is 0 Å². The van der Waals surface area contributed by atoms with Gasteiger partial charge in [0.05, 0.1) is 10.5 Å². The van der Waals surface area contributed by atoms with E-state index in [1.165, 1.54) is 19.1 Å². The number of aliphatic carboxylic acids is 1. The van der Waals surface area contributed by atoms with Gasteiger partial charge in [0.2, 0.25) is 0 Å². The van der Waals surface area contributed by atoms with Crippen LogP contribution in [0.4, 0.5) is 5.69 Å². The van der Waals surface area contributed by atoms with Crippen molar-refractivity contribution in [2.75, 3.05) is 0 Å². The lowest BCUT2D eigenvalue weighted by Crippen LogP contribution is -2.44. The summed E-state index contributed by atoms with van der Waals surface area (Å²) in [6.45, 7) is 1.51. The molecule has 8 nitrogen and oxygen atoms in total. The zero-order valence-electron chi connectivity index (χ0n) is 10.4. The van der Waals surface area contributed by atoms with Crippen molar-refractivity contribution in [3.63, 3.8) is 0 Å². The summed E-state index contributed by atoms with van der Waals surface area (Å²) < 4.78 is 0. The van der Waals surface area contributed by atoms with Crippen molar-refractivity contribution in [1.82, 2.24) is 4.90 Å². The van der Waals surface area contributed by atoms with Crippen molar-refractivity contribution in [2.24, 2.45) is 0 Å². The highest BCUT2D eigenvalue weighted by atomic mass is 16.6. The molecule has 0 aromatic heterocycles.